The zero-order valence-corrected chi connectivity index (χ0v) is 7.31. The maximum Gasteiger partial charge on any atom is 0.110 e. The molecule has 66 valence electrons. The summed E-state index contributed by atoms with van der Waals surface area (Å²) >= 11 is 0. The van der Waals surface area contributed by atoms with E-state index in [1.165, 1.54) is 0 Å². The van der Waals surface area contributed by atoms with Gasteiger partial charge in [0.15, 0.2) is 0 Å². The quantitative estimate of drug-likeness (QED) is 0.651. The van der Waals surface area contributed by atoms with Crippen LogP contribution < -0.4 is 5.32 Å². The summed E-state index contributed by atoms with van der Waals surface area (Å²) in [6.07, 6.45) is 0.448. The van der Waals surface area contributed by atoms with Crippen molar-refractivity contribution in [2.24, 2.45) is 0 Å². The first-order chi connectivity index (χ1) is 5.20. The normalized spacial score (nSPS) is 27.8. The van der Waals surface area contributed by atoms with Crippen molar-refractivity contribution >= 4 is 0 Å². The summed E-state index contributed by atoms with van der Waals surface area (Å²) in [4.78, 5) is 2.10. The van der Waals surface area contributed by atoms with Gasteiger partial charge in [-0.25, -0.2) is 4.39 Å². The number of likely N-dealkylation sites (N-methyl/N-ethyl adjacent to an activating group) is 1. The van der Waals surface area contributed by atoms with Crippen molar-refractivity contribution in [2.75, 3.05) is 26.7 Å². The largest absolute Gasteiger partial charge is 0.315 e. The van der Waals surface area contributed by atoms with Gasteiger partial charge in [0.05, 0.1) is 0 Å². The number of rotatable bonds is 3. The fourth-order valence-electron chi connectivity index (χ4n) is 1.56. The minimum Gasteiger partial charge on any atom is -0.315 e. The van der Waals surface area contributed by atoms with Crippen LogP contribution in [-0.2, 0) is 0 Å². The average Bonchev–Trinajstić information content (AvgIpc) is 2.35. The van der Waals surface area contributed by atoms with Crippen LogP contribution in [0, 0.1) is 0 Å². The minimum atomic E-state index is -0.708. The van der Waals surface area contributed by atoms with E-state index >= 15 is 0 Å². The Bertz CT molecular complexity index is 111. The second kappa shape index (κ2) is 4.02. The van der Waals surface area contributed by atoms with Crippen molar-refractivity contribution in [3.05, 3.63) is 0 Å². The predicted octanol–water partition coefficient (Wildman–Crippen LogP) is 0.638. The molecule has 0 amide bonds. The summed E-state index contributed by atoms with van der Waals surface area (Å²) in [6, 6.07) is 0.549. The van der Waals surface area contributed by atoms with Crippen molar-refractivity contribution in [1.29, 1.82) is 0 Å². The van der Waals surface area contributed by atoms with Crippen LogP contribution in [0.2, 0.25) is 0 Å². The Balaban J connectivity index is 2.22. The molecule has 1 saturated heterocycles. The van der Waals surface area contributed by atoms with Crippen molar-refractivity contribution in [3.8, 4) is 0 Å². The molecule has 0 aromatic carbocycles. The molecule has 0 bridgehead atoms. The lowest BCUT2D eigenvalue weighted by Gasteiger charge is -2.23. The maximum atomic E-state index is 12.5. The van der Waals surface area contributed by atoms with E-state index in [4.69, 9.17) is 0 Å². The molecule has 1 aliphatic heterocycles. The molecule has 0 radical (unpaired) electrons. The van der Waals surface area contributed by atoms with Gasteiger partial charge in [-0.15, -0.1) is 0 Å². The van der Waals surface area contributed by atoms with E-state index < -0.39 is 6.17 Å². The highest BCUT2D eigenvalue weighted by atomic mass is 19.1. The van der Waals surface area contributed by atoms with Gasteiger partial charge in [0.1, 0.15) is 6.17 Å². The molecule has 1 fully saturated rings. The first-order valence-electron chi connectivity index (χ1n) is 4.25. The predicted molar refractivity (Wildman–Crippen MR) is 44.5 cm³/mol. The van der Waals surface area contributed by atoms with Crippen LogP contribution >= 0.6 is 0 Å². The number of hydrogen-bond acceptors (Lipinski definition) is 2. The van der Waals surface area contributed by atoms with Crippen molar-refractivity contribution in [1.82, 2.24) is 10.2 Å². The third kappa shape index (κ3) is 2.75. The van der Waals surface area contributed by atoms with Crippen LogP contribution in [0.1, 0.15) is 13.3 Å². The first kappa shape index (κ1) is 8.94. The number of nitrogens with one attached hydrogen (secondary N) is 1. The highest BCUT2D eigenvalue weighted by Crippen LogP contribution is 2.06. The van der Waals surface area contributed by atoms with Gasteiger partial charge in [0.25, 0.3) is 0 Å². The molecule has 1 N–H and O–H groups in total. The molecule has 2 atom stereocenters. The van der Waals surface area contributed by atoms with Gasteiger partial charge >= 0.3 is 0 Å². The van der Waals surface area contributed by atoms with E-state index in [0.717, 1.165) is 19.5 Å². The summed E-state index contributed by atoms with van der Waals surface area (Å²) in [7, 11) is 1.99. The highest BCUT2D eigenvalue weighted by molar-refractivity contribution is 4.79. The Morgan fingerprint density at radius 2 is 2.45 bits per heavy atom. The fraction of sp³-hybridized carbons (Fsp3) is 1.00. The van der Waals surface area contributed by atoms with Crippen LogP contribution in [0.3, 0.4) is 0 Å². The summed E-state index contributed by atoms with van der Waals surface area (Å²) in [5.74, 6) is 0. The Morgan fingerprint density at radius 1 is 1.73 bits per heavy atom. The van der Waals surface area contributed by atoms with Gasteiger partial charge < -0.3 is 5.32 Å². The molecule has 11 heavy (non-hydrogen) atoms. The number of hydrogen-bond donors (Lipinski definition) is 1. The van der Waals surface area contributed by atoms with Crippen LogP contribution in [0.5, 0.6) is 0 Å². The Morgan fingerprint density at radius 3 is 2.91 bits per heavy atom. The number of halogens is 1. The second-order valence-electron chi connectivity index (χ2n) is 3.37. The molecule has 0 aromatic heterocycles. The lowest BCUT2D eigenvalue weighted by Crippen LogP contribution is -2.36. The van der Waals surface area contributed by atoms with E-state index in [2.05, 4.69) is 10.2 Å². The standard InChI is InChI=1S/C8H17FN2/c1-7(9)6-11(2)8-3-4-10-5-8/h7-8,10H,3-6H2,1-2H3. The van der Waals surface area contributed by atoms with Gasteiger partial charge in [-0.05, 0) is 26.9 Å². The molecule has 0 aromatic rings. The summed E-state index contributed by atoms with van der Waals surface area (Å²) < 4.78 is 12.5. The number of nitrogens with zero attached hydrogens (tertiary/aromatic N) is 1. The lowest BCUT2D eigenvalue weighted by atomic mass is 10.2. The van der Waals surface area contributed by atoms with Gasteiger partial charge in [-0.3, -0.25) is 4.90 Å². The fourth-order valence-corrected chi connectivity index (χ4v) is 1.56. The molecule has 0 spiro atoms. The van der Waals surface area contributed by atoms with Crippen molar-refractivity contribution < 1.29 is 4.39 Å². The zero-order chi connectivity index (χ0) is 8.27. The van der Waals surface area contributed by atoms with Crippen molar-refractivity contribution in [2.45, 2.75) is 25.6 Å². The van der Waals surface area contributed by atoms with E-state index in [-0.39, 0.29) is 0 Å². The molecule has 0 aliphatic carbocycles. The summed E-state index contributed by atoms with van der Waals surface area (Å²) in [6.45, 7) is 4.27. The summed E-state index contributed by atoms with van der Waals surface area (Å²) in [5.41, 5.74) is 0. The minimum absolute atomic E-state index is 0.549. The van der Waals surface area contributed by atoms with Gasteiger partial charge in [-0.2, -0.15) is 0 Å². The lowest BCUT2D eigenvalue weighted by molar-refractivity contribution is 0.192. The molecule has 3 heteroatoms. The maximum absolute atomic E-state index is 12.5. The van der Waals surface area contributed by atoms with Gasteiger partial charge in [0.2, 0.25) is 0 Å². The van der Waals surface area contributed by atoms with Gasteiger partial charge in [-0.1, -0.05) is 0 Å². The third-order valence-electron chi connectivity index (χ3n) is 2.20. The van der Waals surface area contributed by atoms with Crippen LogP contribution in [-0.4, -0.2) is 43.8 Å². The Labute approximate surface area is 67.8 Å². The molecule has 1 rings (SSSR count). The number of alkyl halides is 1. The topological polar surface area (TPSA) is 15.3 Å². The molecule has 0 saturated carbocycles. The Hall–Kier alpha value is -0.150. The van der Waals surface area contributed by atoms with Crippen LogP contribution in [0.15, 0.2) is 0 Å². The van der Waals surface area contributed by atoms with E-state index in [1.807, 2.05) is 7.05 Å². The smallest absolute Gasteiger partial charge is 0.110 e. The average molecular weight is 160 g/mol. The van der Waals surface area contributed by atoms with Crippen LogP contribution in [0.25, 0.3) is 0 Å². The van der Waals surface area contributed by atoms with E-state index in [1.54, 1.807) is 6.92 Å². The highest BCUT2D eigenvalue weighted by Gasteiger charge is 2.19. The van der Waals surface area contributed by atoms with Crippen molar-refractivity contribution in [3.63, 3.8) is 0 Å². The van der Waals surface area contributed by atoms with Gasteiger partial charge in [0, 0.05) is 19.1 Å². The summed E-state index contributed by atoms with van der Waals surface area (Å²) in [5, 5.41) is 3.26. The molecule has 2 nitrogen and oxygen atoms in total. The van der Waals surface area contributed by atoms with E-state index in [0.29, 0.717) is 12.6 Å². The van der Waals surface area contributed by atoms with Crippen LogP contribution in [0.4, 0.5) is 4.39 Å². The first-order valence-corrected chi connectivity index (χ1v) is 4.25. The van der Waals surface area contributed by atoms with E-state index in [9.17, 15) is 4.39 Å². The SMILES string of the molecule is CC(F)CN(C)C1CCNC1. The molecule has 2 unspecified atom stereocenters. The Kier molecular flexibility index (Phi) is 3.27. The zero-order valence-electron chi connectivity index (χ0n) is 7.31. The third-order valence-corrected chi connectivity index (χ3v) is 2.20. The molecule has 1 aliphatic rings. The molecule has 1 heterocycles. The second-order valence-corrected chi connectivity index (χ2v) is 3.37. The molecular formula is C8H17FN2. The monoisotopic (exact) mass is 160 g/mol. The molecular weight excluding hydrogens is 143 g/mol.